The molecule has 0 saturated carbocycles. The monoisotopic (exact) mass is 178 g/mol. The minimum atomic E-state index is 0.782. The first-order valence-corrected chi connectivity index (χ1v) is 4.50. The van der Waals surface area contributed by atoms with E-state index in [1.165, 1.54) is 0 Å². The first-order chi connectivity index (χ1) is 6.38. The normalized spacial score (nSPS) is 9.62. The molecular weight excluding hydrogens is 164 g/mol. The van der Waals surface area contributed by atoms with Crippen LogP contribution in [-0.2, 0) is 4.79 Å². The van der Waals surface area contributed by atoms with E-state index in [2.05, 4.69) is 11.9 Å². The summed E-state index contributed by atoms with van der Waals surface area (Å²) in [6.45, 7) is 2.89. The largest absolute Gasteiger partial charge is 0.315 e. The summed E-state index contributed by atoms with van der Waals surface area (Å²) >= 11 is 0. The molecule has 70 valence electrons. The van der Waals surface area contributed by atoms with Gasteiger partial charge in [-0.2, -0.15) is 0 Å². The van der Waals surface area contributed by atoms with Crippen molar-refractivity contribution in [3.63, 3.8) is 0 Å². The SMILES string of the molecule is CCCCN(C=O)c1ccncc1. The van der Waals surface area contributed by atoms with Gasteiger partial charge in [-0.15, -0.1) is 0 Å². The maximum absolute atomic E-state index is 10.7. The molecule has 0 spiro atoms. The summed E-state index contributed by atoms with van der Waals surface area (Å²) < 4.78 is 0. The second-order valence-electron chi connectivity index (χ2n) is 2.86. The molecule has 1 aromatic rings. The standard InChI is InChI=1S/C10H14N2O/c1-2-3-8-12(9-13)10-4-6-11-7-5-10/h4-7,9H,2-3,8H2,1H3. The molecule has 0 unspecified atom stereocenters. The molecule has 0 saturated heterocycles. The van der Waals surface area contributed by atoms with Gasteiger partial charge in [0, 0.05) is 24.6 Å². The minimum Gasteiger partial charge on any atom is -0.315 e. The highest BCUT2D eigenvalue weighted by atomic mass is 16.1. The van der Waals surface area contributed by atoms with Gasteiger partial charge in [0.25, 0.3) is 0 Å². The molecule has 0 N–H and O–H groups in total. The van der Waals surface area contributed by atoms with E-state index in [1.54, 1.807) is 17.3 Å². The third kappa shape index (κ3) is 2.86. The third-order valence-electron chi connectivity index (χ3n) is 1.87. The molecule has 3 nitrogen and oxygen atoms in total. The van der Waals surface area contributed by atoms with Gasteiger partial charge in [0.1, 0.15) is 0 Å². The van der Waals surface area contributed by atoms with Gasteiger partial charge >= 0.3 is 0 Å². The van der Waals surface area contributed by atoms with Gasteiger partial charge in [-0.1, -0.05) is 13.3 Å². The van der Waals surface area contributed by atoms with Crippen LogP contribution in [0.5, 0.6) is 0 Å². The average Bonchev–Trinajstić information content (AvgIpc) is 2.21. The number of hydrogen-bond donors (Lipinski definition) is 0. The van der Waals surface area contributed by atoms with Gasteiger partial charge in [-0.25, -0.2) is 0 Å². The molecule has 0 aliphatic carbocycles. The van der Waals surface area contributed by atoms with Gasteiger partial charge in [0.15, 0.2) is 0 Å². The molecular formula is C10H14N2O. The Kier molecular flexibility index (Phi) is 3.96. The Morgan fingerprint density at radius 3 is 2.69 bits per heavy atom. The van der Waals surface area contributed by atoms with Crippen LogP contribution in [0, 0.1) is 0 Å². The Labute approximate surface area is 78.4 Å². The highest BCUT2D eigenvalue weighted by Gasteiger charge is 2.02. The Morgan fingerprint density at radius 1 is 1.46 bits per heavy atom. The lowest BCUT2D eigenvalue weighted by Gasteiger charge is -2.16. The van der Waals surface area contributed by atoms with Crippen LogP contribution in [0.25, 0.3) is 0 Å². The van der Waals surface area contributed by atoms with E-state index in [9.17, 15) is 4.79 Å². The van der Waals surface area contributed by atoms with Gasteiger partial charge in [-0.05, 0) is 18.6 Å². The van der Waals surface area contributed by atoms with Crippen molar-refractivity contribution >= 4 is 12.1 Å². The fourth-order valence-corrected chi connectivity index (χ4v) is 1.11. The summed E-state index contributed by atoms with van der Waals surface area (Å²) in [7, 11) is 0. The van der Waals surface area contributed by atoms with Crippen molar-refractivity contribution in [3.8, 4) is 0 Å². The number of nitrogens with zero attached hydrogens (tertiary/aromatic N) is 2. The van der Waals surface area contributed by atoms with E-state index >= 15 is 0 Å². The number of carbonyl (C=O) groups is 1. The summed E-state index contributed by atoms with van der Waals surface area (Å²) in [6, 6.07) is 3.67. The number of pyridine rings is 1. The summed E-state index contributed by atoms with van der Waals surface area (Å²) in [5.41, 5.74) is 0.915. The molecule has 1 rings (SSSR count). The van der Waals surface area contributed by atoms with Crippen LogP contribution in [0.4, 0.5) is 5.69 Å². The van der Waals surface area contributed by atoms with E-state index in [4.69, 9.17) is 0 Å². The Bertz CT molecular complexity index is 248. The summed E-state index contributed by atoms with van der Waals surface area (Å²) in [5, 5.41) is 0. The zero-order valence-electron chi connectivity index (χ0n) is 7.81. The average molecular weight is 178 g/mol. The molecule has 0 aromatic carbocycles. The predicted molar refractivity (Wildman–Crippen MR) is 52.6 cm³/mol. The van der Waals surface area contributed by atoms with Crippen molar-refractivity contribution in [3.05, 3.63) is 24.5 Å². The molecule has 0 bridgehead atoms. The van der Waals surface area contributed by atoms with E-state index in [0.717, 1.165) is 31.5 Å². The molecule has 3 heteroatoms. The zero-order valence-corrected chi connectivity index (χ0v) is 7.81. The molecule has 0 aliphatic rings. The molecule has 1 heterocycles. The maximum Gasteiger partial charge on any atom is 0.214 e. The third-order valence-corrected chi connectivity index (χ3v) is 1.87. The Balaban J connectivity index is 2.61. The van der Waals surface area contributed by atoms with E-state index in [0.29, 0.717) is 0 Å². The Hall–Kier alpha value is -1.38. The van der Waals surface area contributed by atoms with Crippen LogP contribution in [0.3, 0.4) is 0 Å². The second-order valence-corrected chi connectivity index (χ2v) is 2.86. The number of carbonyl (C=O) groups excluding carboxylic acids is 1. The molecule has 1 aromatic heterocycles. The second kappa shape index (κ2) is 5.30. The van der Waals surface area contributed by atoms with Crippen molar-refractivity contribution in [2.24, 2.45) is 0 Å². The first-order valence-electron chi connectivity index (χ1n) is 4.50. The van der Waals surface area contributed by atoms with Gasteiger partial charge in [0.05, 0.1) is 0 Å². The molecule has 13 heavy (non-hydrogen) atoms. The molecule has 0 atom stereocenters. The molecule has 1 amide bonds. The van der Waals surface area contributed by atoms with Gasteiger partial charge in [0.2, 0.25) is 6.41 Å². The number of amides is 1. The van der Waals surface area contributed by atoms with Crippen molar-refractivity contribution in [2.45, 2.75) is 19.8 Å². The molecule has 0 aliphatic heterocycles. The van der Waals surface area contributed by atoms with Crippen molar-refractivity contribution in [1.82, 2.24) is 4.98 Å². The van der Waals surface area contributed by atoms with E-state index in [-0.39, 0.29) is 0 Å². The van der Waals surface area contributed by atoms with E-state index < -0.39 is 0 Å². The summed E-state index contributed by atoms with van der Waals surface area (Å²) in [6.07, 6.45) is 6.37. The van der Waals surface area contributed by atoms with Crippen LogP contribution in [0.15, 0.2) is 24.5 Å². The smallest absolute Gasteiger partial charge is 0.214 e. The van der Waals surface area contributed by atoms with Crippen LogP contribution in [0.2, 0.25) is 0 Å². The molecule has 0 radical (unpaired) electrons. The fourth-order valence-electron chi connectivity index (χ4n) is 1.11. The number of aromatic nitrogens is 1. The lowest BCUT2D eigenvalue weighted by molar-refractivity contribution is -0.107. The van der Waals surface area contributed by atoms with Crippen molar-refractivity contribution < 1.29 is 4.79 Å². The van der Waals surface area contributed by atoms with E-state index in [1.807, 2.05) is 12.1 Å². The number of hydrogen-bond acceptors (Lipinski definition) is 2. The Morgan fingerprint density at radius 2 is 2.15 bits per heavy atom. The molecule has 0 fully saturated rings. The van der Waals surface area contributed by atoms with Gasteiger partial charge in [-0.3, -0.25) is 9.78 Å². The van der Waals surface area contributed by atoms with Crippen molar-refractivity contribution in [1.29, 1.82) is 0 Å². The predicted octanol–water partition coefficient (Wildman–Crippen LogP) is 1.84. The first kappa shape index (κ1) is 9.71. The fraction of sp³-hybridized carbons (Fsp3) is 0.400. The van der Waals surface area contributed by atoms with Crippen LogP contribution >= 0.6 is 0 Å². The number of unbranched alkanes of at least 4 members (excludes halogenated alkanes) is 1. The highest BCUT2D eigenvalue weighted by molar-refractivity contribution is 5.74. The van der Waals surface area contributed by atoms with Crippen LogP contribution in [0.1, 0.15) is 19.8 Å². The maximum atomic E-state index is 10.7. The minimum absolute atomic E-state index is 0.782. The summed E-state index contributed by atoms with van der Waals surface area (Å²) in [4.78, 5) is 16.3. The van der Waals surface area contributed by atoms with Crippen LogP contribution < -0.4 is 4.90 Å². The van der Waals surface area contributed by atoms with Gasteiger partial charge < -0.3 is 4.90 Å². The quantitative estimate of drug-likeness (QED) is 0.644. The van der Waals surface area contributed by atoms with Crippen molar-refractivity contribution in [2.75, 3.05) is 11.4 Å². The summed E-state index contributed by atoms with van der Waals surface area (Å²) in [5.74, 6) is 0. The number of anilines is 1. The topological polar surface area (TPSA) is 33.2 Å². The zero-order chi connectivity index (χ0) is 9.52. The lowest BCUT2D eigenvalue weighted by atomic mass is 10.3. The highest BCUT2D eigenvalue weighted by Crippen LogP contribution is 2.10. The lowest BCUT2D eigenvalue weighted by Crippen LogP contribution is -2.21. The number of rotatable bonds is 5. The van der Waals surface area contributed by atoms with Crippen LogP contribution in [-0.4, -0.2) is 17.9 Å².